The summed E-state index contributed by atoms with van der Waals surface area (Å²) in [5, 5.41) is 3.76. The smallest absolute Gasteiger partial charge is 0.0637 e. The number of nitrogens with one attached hydrogen (secondary N) is 1. The molecule has 4 atom stereocenters. The third-order valence-electron chi connectivity index (χ3n) is 5.39. The SMILES string of the molecule is CCCNC1CCOCC1N1CC2CCCN2CC1C. The monoisotopic (exact) mass is 281 g/mol. The molecular weight excluding hydrogens is 250 g/mol. The summed E-state index contributed by atoms with van der Waals surface area (Å²) in [5.41, 5.74) is 0. The second-order valence-corrected chi connectivity index (χ2v) is 6.83. The molecule has 0 spiro atoms. The van der Waals surface area contributed by atoms with Gasteiger partial charge in [0, 0.05) is 43.9 Å². The molecule has 0 aromatic heterocycles. The number of hydrogen-bond donors (Lipinski definition) is 1. The minimum Gasteiger partial charge on any atom is -0.380 e. The van der Waals surface area contributed by atoms with Crippen LogP contribution in [0.2, 0.25) is 0 Å². The summed E-state index contributed by atoms with van der Waals surface area (Å²) in [4.78, 5) is 5.46. The largest absolute Gasteiger partial charge is 0.380 e. The van der Waals surface area contributed by atoms with Crippen LogP contribution in [0.15, 0.2) is 0 Å². The van der Waals surface area contributed by atoms with Gasteiger partial charge >= 0.3 is 0 Å². The number of nitrogens with zero attached hydrogens (tertiary/aromatic N) is 2. The van der Waals surface area contributed by atoms with Crippen LogP contribution in [0.25, 0.3) is 0 Å². The quantitative estimate of drug-likeness (QED) is 0.841. The lowest BCUT2D eigenvalue weighted by Crippen LogP contribution is -2.64. The average Bonchev–Trinajstić information content (AvgIpc) is 2.91. The number of fused-ring (bicyclic) bond motifs is 1. The van der Waals surface area contributed by atoms with Crippen LogP contribution in [0, 0.1) is 0 Å². The molecule has 0 amide bonds. The second-order valence-electron chi connectivity index (χ2n) is 6.83. The van der Waals surface area contributed by atoms with Crippen LogP contribution in [0.1, 0.15) is 39.5 Å². The van der Waals surface area contributed by atoms with Crippen molar-refractivity contribution in [1.29, 1.82) is 0 Å². The summed E-state index contributed by atoms with van der Waals surface area (Å²) in [5.74, 6) is 0. The fourth-order valence-electron chi connectivity index (χ4n) is 4.29. The molecule has 3 rings (SSSR count). The summed E-state index contributed by atoms with van der Waals surface area (Å²) in [7, 11) is 0. The van der Waals surface area contributed by atoms with E-state index in [1.807, 2.05) is 0 Å². The number of hydrogen-bond acceptors (Lipinski definition) is 4. The predicted octanol–water partition coefficient (Wildman–Crippen LogP) is 1.31. The van der Waals surface area contributed by atoms with Crippen molar-refractivity contribution in [2.24, 2.45) is 0 Å². The Labute approximate surface area is 123 Å². The van der Waals surface area contributed by atoms with Crippen LogP contribution in [0.5, 0.6) is 0 Å². The van der Waals surface area contributed by atoms with Crippen LogP contribution in [0.4, 0.5) is 0 Å². The van der Waals surface area contributed by atoms with Gasteiger partial charge in [0.25, 0.3) is 0 Å². The zero-order chi connectivity index (χ0) is 13.9. The molecule has 0 aromatic carbocycles. The van der Waals surface area contributed by atoms with E-state index >= 15 is 0 Å². The van der Waals surface area contributed by atoms with E-state index in [4.69, 9.17) is 4.74 Å². The van der Waals surface area contributed by atoms with Crippen LogP contribution >= 0.6 is 0 Å². The van der Waals surface area contributed by atoms with Gasteiger partial charge in [-0.25, -0.2) is 0 Å². The first-order valence-electron chi connectivity index (χ1n) is 8.60. The maximum Gasteiger partial charge on any atom is 0.0637 e. The maximum absolute atomic E-state index is 5.81. The molecule has 0 radical (unpaired) electrons. The Kier molecular flexibility index (Phi) is 4.97. The topological polar surface area (TPSA) is 27.7 Å². The van der Waals surface area contributed by atoms with E-state index in [1.54, 1.807) is 0 Å². The molecule has 0 aliphatic carbocycles. The molecule has 1 N–H and O–H groups in total. The summed E-state index contributed by atoms with van der Waals surface area (Å²) in [6.07, 6.45) is 5.17. The van der Waals surface area contributed by atoms with Gasteiger partial charge in [-0.15, -0.1) is 0 Å². The fourth-order valence-corrected chi connectivity index (χ4v) is 4.29. The normalized spacial score (nSPS) is 39.9. The molecule has 0 aromatic rings. The minimum atomic E-state index is 0.577. The summed E-state index contributed by atoms with van der Waals surface area (Å²) >= 11 is 0. The zero-order valence-electron chi connectivity index (χ0n) is 13.2. The lowest BCUT2D eigenvalue weighted by atomic mass is 9.97. The van der Waals surface area contributed by atoms with E-state index in [1.165, 1.54) is 45.3 Å². The van der Waals surface area contributed by atoms with Gasteiger partial charge in [0.1, 0.15) is 0 Å². The molecule has 3 aliphatic rings. The Hall–Kier alpha value is -0.160. The first kappa shape index (κ1) is 14.8. The van der Waals surface area contributed by atoms with Crippen molar-refractivity contribution in [2.75, 3.05) is 39.4 Å². The van der Waals surface area contributed by atoms with Crippen molar-refractivity contribution in [3.05, 3.63) is 0 Å². The first-order valence-corrected chi connectivity index (χ1v) is 8.60. The number of rotatable bonds is 4. The molecule has 3 aliphatic heterocycles. The molecule has 3 saturated heterocycles. The molecule has 20 heavy (non-hydrogen) atoms. The molecular formula is C16H31N3O. The van der Waals surface area contributed by atoms with Crippen LogP contribution in [-0.4, -0.2) is 73.4 Å². The van der Waals surface area contributed by atoms with E-state index in [0.717, 1.165) is 25.8 Å². The highest BCUT2D eigenvalue weighted by atomic mass is 16.5. The van der Waals surface area contributed by atoms with Crippen molar-refractivity contribution < 1.29 is 4.74 Å². The Morgan fingerprint density at radius 3 is 3.00 bits per heavy atom. The van der Waals surface area contributed by atoms with Crippen molar-refractivity contribution in [3.8, 4) is 0 Å². The summed E-state index contributed by atoms with van der Waals surface area (Å²) < 4.78 is 5.81. The van der Waals surface area contributed by atoms with Gasteiger partial charge in [0.15, 0.2) is 0 Å². The van der Waals surface area contributed by atoms with Crippen LogP contribution < -0.4 is 5.32 Å². The van der Waals surface area contributed by atoms with E-state index in [0.29, 0.717) is 18.1 Å². The third-order valence-corrected chi connectivity index (χ3v) is 5.39. The van der Waals surface area contributed by atoms with Gasteiger partial charge in [0.2, 0.25) is 0 Å². The fraction of sp³-hybridized carbons (Fsp3) is 1.00. The van der Waals surface area contributed by atoms with Gasteiger partial charge < -0.3 is 10.1 Å². The molecule has 0 saturated carbocycles. The number of ether oxygens (including phenoxy) is 1. The van der Waals surface area contributed by atoms with E-state index < -0.39 is 0 Å². The van der Waals surface area contributed by atoms with Gasteiger partial charge in [0.05, 0.1) is 6.61 Å². The van der Waals surface area contributed by atoms with E-state index in [-0.39, 0.29) is 0 Å². The Morgan fingerprint density at radius 1 is 1.25 bits per heavy atom. The third kappa shape index (κ3) is 3.03. The lowest BCUT2D eigenvalue weighted by molar-refractivity contribution is -0.0490. The van der Waals surface area contributed by atoms with Crippen molar-refractivity contribution >= 4 is 0 Å². The maximum atomic E-state index is 5.81. The zero-order valence-corrected chi connectivity index (χ0v) is 13.2. The molecule has 4 unspecified atom stereocenters. The highest BCUT2D eigenvalue weighted by Gasteiger charge is 2.40. The van der Waals surface area contributed by atoms with Gasteiger partial charge in [-0.05, 0) is 45.7 Å². The van der Waals surface area contributed by atoms with Crippen molar-refractivity contribution in [2.45, 2.75) is 63.7 Å². The highest BCUT2D eigenvalue weighted by Crippen LogP contribution is 2.28. The molecule has 0 bridgehead atoms. The summed E-state index contributed by atoms with van der Waals surface area (Å²) in [6, 6.07) is 2.68. The van der Waals surface area contributed by atoms with Gasteiger partial charge in [-0.1, -0.05) is 6.92 Å². The molecule has 3 heterocycles. The Balaban J connectivity index is 1.65. The lowest BCUT2D eigenvalue weighted by Gasteiger charge is -2.49. The molecule has 116 valence electrons. The second kappa shape index (κ2) is 6.73. The molecule has 4 heteroatoms. The van der Waals surface area contributed by atoms with E-state index in [2.05, 4.69) is 29.0 Å². The average molecular weight is 281 g/mol. The van der Waals surface area contributed by atoms with Crippen molar-refractivity contribution in [3.63, 3.8) is 0 Å². The van der Waals surface area contributed by atoms with Gasteiger partial charge in [-0.3, -0.25) is 9.80 Å². The summed E-state index contributed by atoms with van der Waals surface area (Å²) in [6.45, 7) is 11.5. The standard InChI is InChI=1S/C16H31N3O/c1-3-7-17-15-6-9-20-12-16(15)19-11-14-5-4-8-18(14)10-13(19)2/h13-17H,3-12H2,1-2H3. The highest BCUT2D eigenvalue weighted by molar-refractivity contribution is 4.97. The first-order chi connectivity index (χ1) is 9.79. The predicted molar refractivity (Wildman–Crippen MR) is 82.1 cm³/mol. The van der Waals surface area contributed by atoms with Crippen LogP contribution in [0.3, 0.4) is 0 Å². The van der Waals surface area contributed by atoms with Crippen molar-refractivity contribution in [1.82, 2.24) is 15.1 Å². The molecule has 3 fully saturated rings. The Morgan fingerprint density at radius 2 is 2.15 bits per heavy atom. The number of piperazine rings is 1. The molecule has 4 nitrogen and oxygen atoms in total. The van der Waals surface area contributed by atoms with Crippen LogP contribution in [-0.2, 0) is 4.74 Å². The Bertz CT molecular complexity index is 312. The van der Waals surface area contributed by atoms with Gasteiger partial charge in [-0.2, -0.15) is 0 Å². The van der Waals surface area contributed by atoms with E-state index in [9.17, 15) is 0 Å². The minimum absolute atomic E-state index is 0.577.